The average Bonchev–Trinajstić information content (AvgIpc) is 3.27. The molecule has 5 nitrogen and oxygen atoms in total. The smallest absolute Gasteiger partial charge is 0.322 e. The van der Waals surface area contributed by atoms with E-state index in [1.165, 1.54) is 12.5 Å². The quantitative estimate of drug-likeness (QED) is 0.913. The molecule has 0 aromatic heterocycles. The molecule has 2 fully saturated rings. The van der Waals surface area contributed by atoms with Crippen molar-refractivity contribution in [3.8, 4) is 0 Å². The number of piperidine rings is 1. The number of carbonyl (C=O) groups excluding carboxylic acids is 1. The van der Waals surface area contributed by atoms with Crippen LogP contribution in [0.4, 0.5) is 14.9 Å². The van der Waals surface area contributed by atoms with Crippen molar-refractivity contribution in [1.82, 2.24) is 10.2 Å². The molecule has 4 rings (SSSR count). The van der Waals surface area contributed by atoms with Crippen molar-refractivity contribution < 1.29 is 13.9 Å². The van der Waals surface area contributed by atoms with E-state index in [2.05, 4.69) is 10.2 Å². The van der Waals surface area contributed by atoms with Crippen LogP contribution in [0.25, 0.3) is 0 Å². The van der Waals surface area contributed by atoms with Crippen LogP contribution in [0.1, 0.15) is 24.8 Å². The third-order valence-electron chi connectivity index (χ3n) is 5.67. The fraction of sp³-hybridized carbons (Fsp3) is 0.632. The molecular weight excluding hydrogens is 321 g/mol. The second-order valence-electron chi connectivity index (χ2n) is 7.39. The van der Waals surface area contributed by atoms with Gasteiger partial charge >= 0.3 is 6.03 Å². The second-order valence-corrected chi connectivity index (χ2v) is 7.39. The molecule has 3 heterocycles. The number of benzene rings is 1. The first-order valence-corrected chi connectivity index (χ1v) is 9.36. The van der Waals surface area contributed by atoms with E-state index in [0.29, 0.717) is 24.4 Å². The van der Waals surface area contributed by atoms with Gasteiger partial charge in [0.05, 0.1) is 12.3 Å². The number of ether oxygens (including phenoxy) is 1. The normalized spacial score (nSPS) is 24.5. The number of urea groups is 1. The number of hydrogen-bond donors (Lipinski definition) is 1. The van der Waals surface area contributed by atoms with Gasteiger partial charge in [-0.1, -0.05) is 6.07 Å². The van der Waals surface area contributed by atoms with Crippen LogP contribution in [-0.4, -0.2) is 56.4 Å². The molecule has 6 heteroatoms. The molecule has 3 aliphatic rings. The van der Waals surface area contributed by atoms with Gasteiger partial charge in [0.25, 0.3) is 0 Å². The van der Waals surface area contributed by atoms with Gasteiger partial charge in [-0.15, -0.1) is 0 Å². The predicted octanol–water partition coefficient (Wildman–Crippen LogP) is 2.40. The third kappa shape index (κ3) is 3.65. The number of halogens is 1. The van der Waals surface area contributed by atoms with E-state index >= 15 is 0 Å². The summed E-state index contributed by atoms with van der Waals surface area (Å²) in [7, 11) is 0. The van der Waals surface area contributed by atoms with Gasteiger partial charge < -0.3 is 15.0 Å². The fourth-order valence-electron chi connectivity index (χ4n) is 4.21. The molecule has 2 saturated heterocycles. The largest absolute Gasteiger partial charge is 0.381 e. The van der Waals surface area contributed by atoms with Crippen LogP contribution < -0.4 is 10.2 Å². The lowest BCUT2D eigenvalue weighted by Crippen LogP contribution is -2.49. The maximum Gasteiger partial charge on any atom is 0.322 e. The van der Waals surface area contributed by atoms with Crippen molar-refractivity contribution in [2.45, 2.75) is 31.7 Å². The molecule has 0 unspecified atom stereocenters. The Kier molecular flexibility index (Phi) is 4.90. The van der Waals surface area contributed by atoms with Crippen molar-refractivity contribution >= 4 is 11.7 Å². The number of likely N-dealkylation sites (tertiary alicyclic amines) is 1. The van der Waals surface area contributed by atoms with Crippen LogP contribution in [0.15, 0.2) is 18.2 Å². The predicted molar refractivity (Wildman–Crippen MR) is 94.4 cm³/mol. The van der Waals surface area contributed by atoms with Gasteiger partial charge in [-0.05, 0) is 43.7 Å². The van der Waals surface area contributed by atoms with Crippen molar-refractivity contribution in [2.75, 3.05) is 44.3 Å². The van der Waals surface area contributed by atoms with Gasteiger partial charge in [-0.25, -0.2) is 9.18 Å². The number of nitrogens with one attached hydrogen (secondary N) is 1. The van der Waals surface area contributed by atoms with Gasteiger partial charge in [0.15, 0.2) is 0 Å². The Morgan fingerprint density at radius 1 is 1.24 bits per heavy atom. The van der Waals surface area contributed by atoms with Crippen LogP contribution in [0.2, 0.25) is 0 Å². The first kappa shape index (κ1) is 16.8. The summed E-state index contributed by atoms with van der Waals surface area (Å²) in [4.78, 5) is 16.8. The highest BCUT2D eigenvalue weighted by atomic mass is 19.1. The van der Waals surface area contributed by atoms with Crippen LogP contribution in [0.5, 0.6) is 0 Å². The molecule has 3 aliphatic heterocycles. The van der Waals surface area contributed by atoms with E-state index in [9.17, 15) is 9.18 Å². The van der Waals surface area contributed by atoms with Crippen LogP contribution in [-0.2, 0) is 11.2 Å². The topological polar surface area (TPSA) is 44.8 Å². The minimum Gasteiger partial charge on any atom is -0.381 e. The molecule has 0 saturated carbocycles. The lowest BCUT2D eigenvalue weighted by Gasteiger charge is -2.34. The molecule has 1 atom stereocenters. The summed E-state index contributed by atoms with van der Waals surface area (Å²) in [5.41, 5.74) is 1.38. The van der Waals surface area contributed by atoms with Crippen LogP contribution in [0, 0.1) is 11.7 Å². The summed E-state index contributed by atoms with van der Waals surface area (Å²) in [5.74, 6) is 0.458. The van der Waals surface area contributed by atoms with E-state index in [-0.39, 0.29) is 17.9 Å². The van der Waals surface area contributed by atoms with Gasteiger partial charge in [0.1, 0.15) is 5.82 Å². The van der Waals surface area contributed by atoms with Crippen molar-refractivity contribution in [3.05, 3.63) is 29.6 Å². The Bertz CT molecular complexity index is 625. The van der Waals surface area contributed by atoms with E-state index in [0.717, 1.165) is 51.4 Å². The zero-order valence-corrected chi connectivity index (χ0v) is 14.5. The van der Waals surface area contributed by atoms with Crippen LogP contribution >= 0.6 is 0 Å². The van der Waals surface area contributed by atoms with E-state index in [1.807, 2.05) is 6.07 Å². The summed E-state index contributed by atoms with van der Waals surface area (Å²) in [6, 6.07) is 5.08. The highest BCUT2D eigenvalue weighted by Gasteiger charge is 2.29. The molecule has 25 heavy (non-hydrogen) atoms. The molecule has 136 valence electrons. The minimum atomic E-state index is -0.211. The molecule has 0 aliphatic carbocycles. The molecule has 2 amide bonds. The molecule has 1 aromatic rings. The third-order valence-corrected chi connectivity index (χ3v) is 5.67. The maximum absolute atomic E-state index is 13.8. The summed E-state index contributed by atoms with van der Waals surface area (Å²) >= 11 is 0. The number of carbonyl (C=O) groups is 1. The summed E-state index contributed by atoms with van der Waals surface area (Å²) in [6.45, 7) is 5.50. The number of amides is 2. The van der Waals surface area contributed by atoms with Gasteiger partial charge in [0.2, 0.25) is 0 Å². The minimum absolute atomic E-state index is 0.0907. The summed E-state index contributed by atoms with van der Waals surface area (Å²) < 4.78 is 19.3. The Morgan fingerprint density at radius 3 is 2.84 bits per heavy atom. The fourth-order valence-corrected chi connectivity index (χ4v) is 4.21. The number of hydrogen-bond acceptors (Lipinski definition) is 3. The lowest BCUT2D eigenvalue weighted by atomic mass is 10.0. The standard InChI is InChI=1S/C19H26FN3O2/c20-17-2-1-3-18-16(17)6-10-23(18)19(24)21-15-4-8-22(9-5-15)12-14-7-11-25-13-14/h1-3,14-15H,4-13H2,(H,21,24)/t14-/m1/s1. The number of anilines is 1. The van der Waals surface area contributed by atoms with E-state index in [1.54, 1.807) is 11.0 Å². The molecule has 1 aromatic carbocycles. The van der Waals surface area contributed by atoms with E-state index < -0.39 is 0 Å². The Balaban J connectivity index is 1.28. The summed E-state index contributed by atoms with van der Waals surface area (Å²) in [5, 5.41) is 3.15. The second kappa shape index (κ2) is 7.30. The maximum atomic E-state index is 13.8. The monoisotopic (exact) mass is 347 g/mol. The van der Waals surface area contributed by atoms with Gasteiger partial charge in [-0.3, -0.25) is 4.90 Å². The molecule has 1 N–H and O–H groups in total. The molecule has 0 radical (unpaired) electrons. The van der Waals surface area contributed by atoms with E-state index in [4.69, 9.17) is 4.74 Å². The zero-order valence-electron chi connectivity index (χ0n) is 14.5. The highest BCUT2D eigenvalue weighted by Crippen LogP contribution is 2.30. The number of nitrogens with zero attached hydrogens (tertiary/aromatic N) is 2. The van der Waals surface area contributed by atoms with Crippen molar-refractivity contribution in [3.63, 3.8) is 0 Å². The highest BCUT2D eigenvalue weighted by molar-refractivity contribution is 5.94. The van der Waals surface area contributed by atoms with Gasteiger partial charge in [-0.2, -0.15) is 0 Å². The molecule has 0 bridgehead atoms. The first-order valence-electron chi connectivity index (χ1n) is 9.36. The average molecular weight is 347 g/mol. The van der Waals surface area contributed by atoms with Crippen LogP contribution in [0.3, 0.4) is 0 Å². The lowest BCUT2D eigenvalue weighted by molar-refractivity contribution is 0.148. The molecular formula is C19H26FN3O2. The molecule has 0 spiro atoms. The summed E-state index contributed by atoms with van der Waals surface area (Å²) in [6.07, 6.45) is 3.71. The van der Waals surface area contributed by atoms with Gasteiger partial charge in [0, 0.05) is 44.4 Å². The van der Waals surface area contributed by atoms with Crippen molar-refractivity contribution in [2.24, 2.45) is 5.92 Å². The van der Waals surface area contributed by atoms with Crippen molar-refractivity contribution in [1.29, 1.82) is 0 Å². The first-order chi connectivity index (χ1) is 12.2. The Labute approximate surface area is 148 Å². The Morgan fingerprint density at radius 2 is 2.08 bits per heavy atom. The zero-order chi connectivity index (χ0) is 17.2. The Hall–Kier alpha value is -1.66. The SMILES string of the molecule is O=C(NC1CCN(C[C@H]2CCOC2)CC1)N1CCc2c(F)cccc21. The number of fused-ring (bicyclic) bond motifs is 1. The number of rotatable bonds is 3.